The molecule has 7 nitrogen and oxygen atoms in total. The summed E-state index contributed by atoms with van der Waals surface area (Å²) in [6.07, 6.45) is 0.224. The summed E-state index contributed by atoms with van der Waals surface area (Å²) in [5.41, 5.74) is 3.28. The number of aromatic amines is 1. The van der Waals surface area contributed by atoms with Gasteiger partial charge >= 0.3 is 0 Å². The van der Waals surface area contributed by atoms with Crippen molar-refractivity contribution in [3.63, 3.8) is 0 Å². The molecule has 3 aromatic heterocycles. The molecule has 0 aliphatic carbocycles. The molecule has 4 rings (SSSR count). The van der Waals surface area contributed by atoms with E-state index in [-0.39, 0.29) is 5.91 Å². The predicted molar refractivity (Wildman–Crippen MR) is 101 cm³/mol. The van der Waals surface area contributed by atoms with Crippen LogP contribution in [0, 0.1) is 0 Å². The minimum Gasteiger partial charge on any atom is -0.385 e. The number of rotatable bonds is 4. The van der Waals surface area contributed by atoms with Gasteiger partial charge in [0.1, 0.15) is 11.8 Å². The molecule has 138 valence electrons. The Hall–Kier alpha value is -2.16. The second-order valence-corrected chi connectivity index (χ2v) is 7.97. The Balaban J connectivity index is 1.54. The normalized spacial score (nSPS) is 16.1. The number of aryl methyl sites for hydroxylation is 1. The Morgan fingerprint density at radius 3 is 3.04 bits per heavy atom. The van der Waals surface area contributed by atoms with Gasteiger partial charge in [0.15, 0.2) is 0 Å². The smallest absolute Gasteiger partial charge is 0.270 e. The summed E-state index contributed by atoms with van der Waals surface area (Å²) in [5.74, 6) is 0.0124. The summed E-state index contributed by atoms with van der Waals surface area (Å²) in [5, 5.41) is 16.9. The molecular weight excluding hydrogens is 350 g/mol. The number of aromatic nitrogens is 3. The fourth-order valence-corrected chi connectivity index (χ4v) is 4.18. The van der Waals surface area contributed by atoms with Crippen molar-refractivity contribution in [3.8, 4) is 0 Å². The molecule has 4 heterocycles. The topological polar surface area (TPSA) is 77.4 Å². The predicted octanol–water partition coefficient (Wildman–Crippen LogP) is 2.07. The fraction of sp³-hybridized carbons (Fsp3) is 0.444. The van der Waals surface area contributed by atoms with E-state index < -0.39 is 6.10 Å². The Labute approximate surface area is 155 Å². The first-order chi connectivity index (χ1) is 12.5. The number of aliphatic hydroxyl groups is 1. The Bertz CT molecular complexity index is 897. The number of nitrogens with one attached hydrogen (secondary N) is 1. The quantitative estimate of drug-likeness (QED) is 0.734. The lowest BCUT2D eigenvalue weighted by Crippen LogP contribution is -2.31. The van der Waals surface area contributed by atoms with Gasteiger partial charge < -0.3 is 19.9 Å². The molecule has 26 heavy (non-hydrogen) atoms. The van der Waals surface area contributed by atoms with Crippen molar-refractivity contribution in [3.05, 3.63) is 40.7 Å². The van der Waals surface area contributed by atoms with Crippen LogP contribution in [0.4, 0.5) is 0 Å². The molecule has 0 saturated carbocycles. The summed E-state index contributed by atoms with van der Waals surface area (Å²) in [6, 6.07) is 5.84. The zero-order valence-corrected chi connectivity index (χ0v) is 15.8. The van der Waals surface area contributed by atoms with E-state index in [1.807, 2.05) is 52.2 Å². The maximum Gasteiger partial charge on any atom is 0.270 e. The van der Waals surface area contributed by atoms with Crippen molar-refractivity contribution in [1.82, 2.24) is 24.6 Å². The third-order valence-corrected chi connectivity index (χ3v) is 5.53. The van der Waals surface area contributed by atoms with Crippen LogP contribution in [0.15, 0.2) is 23.6 Å². The molecular formula is C18H23N5O2S. The molecule has 1 aliphatic rings. The molecule has 0 unspecified atom stereocenters. The Morgan fingerprint density at radius 2 is 2.27 bits per heavy atom. The van der Waals surface area contributed by atoms with Crippen LogP contribution < -0.4 is 0 Å². The molecule has 2 N–H and O–H groups in total. The zero-order chi connectivity index (χ0) is 18.3. The second-order valence-electron chi connectivity index (χ2n) is 7.02. The lowest BCUT2D eigenvalue weighted by molar-refractivity contribution is 0.0741. The highest BCUT2D eigenvalue weighted by atomic mass is 32.1. The van der Waals surface area contributed by atoms with Crippen LogP contribution in [-0.4, -0.2) is 62.8 Å². The number of hydrogen-bond donors (Lipinski definition) is 2. The monoisotopic (exact) mass is 373 g/mol. The Morgan fingerprint density at radius 1 is 1.42 bits per heavy atom. The summed E-state index contributed by atoms with van der Waals surface area (Å²) in [6.45, 7) is 2.49. The van der Waals surface area contributed by atoms with E-state index in [0.29, 0.717) is 31.0 Å². The molecule has 0 bridgehead atoms. The molecule has 1 amide bonds. The first-order valence-electron chi connectivity index (χ1n) is 8.76. The molecule has 0 aromatic carbocycles. The highest BCUT2D eigenvalue weighted by Crippen LogP contribution is 2.24. The zero-order valence-electron chi connectivity index (χ0n) is 15.0. The van der Waals surface area contributed by atoms with Crippen molar-refractivity contribution >= 4 is 27.5 Å². The molecule has 0 saturated heterocycles. The van der Waals surface area contributed by atoms with Crippen LogP contribution >= 0.6 is 11.3 Å². The van der Waals surface area contributed by atoms with Crippen LogP contribution in [-0.2, 0) is 13.1 Å². The SMILES string of the molecule is CN(C)C[C@@H](O)c1cc2n(n1)CCCN(C(=O)c1cc3sccc3[nH]1)C2. The number of likely N-dealkylation sites (N-methyl/N-ethyl adjacent to an activating group) is 1. The third kappa shape index (κ3) is 3.27. The first kappa shape index (κ1) is 17.3. The second kappa shape index (κ2) is 6.86. The standard InChI is InChI=1S/C18H23N5O2S/c1-21(2)11-16(24)14-8-12-10-22(5-3-6-23(12)20-14)18(25)15-9-17-13(19-15)4-7-26-17/h4,7-9,16,19,24H,3,5-6,10-11H2,1-2H3/t16-/m1/s1. The molecule has 1 atom stereocenters. The van der Waals surface area contributed by atoms with Crippen LogP contribution in [0.2, 0.25) is 0 Å². The number of fused-ring (bicyclic) bond motifs is 2. The summed E-state index contributed by atoms with van der Waals surface area (Å²) in [7, 11) is 3.84. The molecule has 3 aromatic rings. The van der Waals surface area contributed by atoms with Crippen LogP contribution in [0.25, 0.3) is 10.2 Å². The van der Waals surface area contributed by atoms with E-state index in [1.165, 1.54) is 0 Å². The number of thiophene rings is 1. The van der Waals surface area contributed by atoms with Crippen molar-refractivity contribution in [2.45, 2.75) is 25.6 Å². The van der Waals surface area contributed by atoms with E-state index in [0.717, 1.165) is 28.9 Å². The highest BCUT2D eigenvalue weighted by molar-refractivity contribution is 7.17. The molecule has 0 fully saturated rings. The Kier molecular flexibility index (Phi) is 4.56. The van der Waals surface area contributed by atoms with Crippen molar-refractivity contribution < 1.29 is 9.90 Å². The molecule has 0 radical (unpaired) electrons. The molecule has 0 spiro atoms. The van der Waals surface area contributed by atoms with Gasteiger partial charge in [0.25, 0.3) is 5.91 Å². The lowest BCUT2D eigenvalue weighted by atomic mass is 10.2. The number of hydrogen-bond acceptors (Lipinski definition) is 5. The number of carbonyl (C=O) groups excluding carboxylic acids is 1. The number of carbonyl (C=O) groups is 1. The van der Waals surface area contributed by atoms with Crippen LogP contribution in [0.3, 0.4) is 0 Å². The molecule has 1 aliphatic heterocycles. The van der Waals surface area contributed by atoms with Gasteiger partial charge in [-0.2, -0.15) is 5.10 Å². The van der Waals surface area contributed by atoms with Crippen LogP contribution in [0.1, 0.15) is 34.4 Å². The number of H-pyrrole nitrogens is 1. The fourth-order valence-electron chi connectivity index (χ4n) is 3.39. The van der Waals surface area contributed by atoms with E-state index in [1.54, 1.807) is 11.3 Å². The van der Waals surface area contributed by atoms with Crippen molar-refractivity contribution in [1.29, 1.82) is 0 Å². The van der Waals surface area contributed by atoms with Gasteiger partial charge in [-0.05, 0) is 44.1 Å². The highest BCUT2D eigenvalue weighted by Gasteiger charge is 2.24. The minimum atomic E-state index is -0.622. The van der Waals surface area contributed by atoms with Gasteiger partial charge in [0, 0.05) is 19.6 Å². The number of aliphatic hydroxyl groups excluding tert-OH is 1. The van der Waals surface area contributed by atoms with Gasteiger partial charge in [-0.25, -0.2) is 0 Å². The van der Waals surface area contributed by atoms with Gasteiger partial charge in [-0.15, -0.1) is 11.3 Å². The van der Waals surface area contributed by atoms with Crippen molar-refractivity contribution in [2.75, 3.05) is 27.2 Å². The van der Waals surface area contributed by atoms with E-state index in [2.05, 4.69) is 10.1 Å². The summed E-state index contributed by atoms with van der Waals surface area (Å²) < 4.78 is 3.02. The van der Waals surface area contributed by atoms with Gasteiger partial charge in [0.2, 0.25) is 0 Å². The first-order valence-corrected chi connectivity index (χ1v) is 9.64. The average molecular weight is 373 g/mol. The average Bonchev–Trinajstić information content (AvgIpc) is 3.25. The minimum absolute atomic E-state index is 0.0124. The largest absolute Gasteiger partial charge is 0.385 e. The number of amides is 1. The molecule has 8 heteroatoms. The third-order valence-electron chi connectivity index (χ3n) is 4.67. The maximum atomic E-state index is 12.9. The van der Waals surface area contributed by atoms with Crippen molar-refractivity contribution in [2.24, 2.45) is 0 Å². The van der Waals surface area contributed by atoms with E-state index >= 15 is 0 Å². The number of nitrogens with zero attached hydrogens (tertiary/aromatic N) is 4. The van der Waals surface area contributed by atoms with Gasteiger partial charge in [-0.1, -0.05) is 0 Å². The summed E-state index contributed by atoms with van der Waals surface area (Å²) in [4.78, 5) is 19.9. The maximum absolute atomic E-state index is 12.9. The lowest BCUT2D eigenvalue weighted by Gasteiger charge is -2.19. The van der Waals surface area contributed by atoms with Crippen LogP contribution in [0.5, 0.6) is 0 Å². The van der Waals surface area contributed by atoms with E-state index in [9.17, 15) is 9.90 Å². The van der Waals surface area contributed by atoms with Gasteiger partial charge in [0.05, 0.1) is 28.1 Å². The summed E-state index contributed by atoms with van der Waals surface area (Å²) >= 11 is 1.63. The van der Waals surface area contributed by atoms with Gasteiger partial charge in [-0.3, -0.25) is 9.48 Å². The van der Waals surface area contributed by atoms with E-state index in [4.69, 9.17) is 0 Å².